The third kappa shape index (κ3) is 5.87. The van der Waals surface area contributed by atoms with E-state index in [1.54, 1.807) is 12.0 Å². The Morgan fingerprint density at radius 2 is 1.96 bits per heavy atom. The number of hydrogen-bond donors (Lipinski definition) is 1. The molecule has 0 spiro atoms. The lowest BCUT2D eigenvalue weighted by Crippen LogP contribution is -2.50. The minimum absolute atomic E-state index is 0.00563. The topological polar surface area (TPSA) is 58.6 Å². The van der Waals surface area contributed by atoms with Crippen LogP contribution in [0.1, 0.15) is 52.5 Å². The molecule has 0 aliphatic rings. The largest absolute Gasteiger partial charge is 0.497 e. The average molecular weight is 334 g/mol. The van der Waals surface area contributed by atoms with Crippen LogP contribution in [0.25, 0.3) is 0 Å². The van der Waals surface area contributed by atoms with Crippen LogP contribution in [0, 0.1) is 0 Å². The van der Waals surface area contributed by atoms with Gasteiger partial charge in [-0.1, -0.05) is 26.0 Å². The SMILES string of the molecule is CCCC(=O)N(Cc1cccc(OC)c1)C(CC)C(=O)NC(C)C. The molecule has 0 aliphatic heterocycles. The van der Waals surface area contributed by atoms with Gasteiger partial charge in [0.2, 0.25) is 11.8 Å². The minimum atomic E-state index is -0.461. The molecule has 0 radical (unpaired) electrons. The van der Waals surface area contributed by atoms with Gasteiger partial charge in [0.25, 0.3) is 0 Å². The smallest absolute Gasteiger partial charge is 0.243 e. The van der Waals surface area contributed by atoms with Crippen LogP contribution in [0.4, 0.5) is 0 Å². The van der Waals surface area contributed by atoms with Gasteiger partial charge in [0, 0.05) is 19.0 Å². The van der Waals surface area contributed by atoms with Gasteiger partial charge in [-0.2, -0.15) is 0 Å². The predicted octanol–water partition coefficient (Wildman–Crippen LogP) is 3.13. The summed E-state index contributed by atoms with van der Waals surface area (Å²) in [6, 6.07) is 7.20. The van der Waals surface area contributed by atoms with Crippen LogP contribution < -0.4 is 10.1 Å². The lowest BCUT2D eigenvalue weighted by atomic mass is 10.1. The first-order valence-electron chi connectivity index (χ1n) is 8.65. The number of rotatable bonds is 9. The van der Waals surface area contributed by atoms with Crippen LogP contribution in [0.2, 0.25) is 0 Å². The Kier molecular flexibility index (Phi) is 8.30. The van der Waals surface area contributed by atoms with E-state index in [0.717, 1.165) is 17.7 Å². The molecule has 1 rings (SSSR count). The highest BCUT2D eigenvalue weighted by molar-refractivity contribution is 5.87. The maximum Gasteiger partial charge on any atom is 0.243 e. The zero-order valence-corrected chi connectivity index (χ0v) is 15.5. The second kappa shape index (κ2) is 9.96. The van der Waals surface area contributed by atoms with Crippen LogP contribution in [0.15, 0.2) is 24.3 Å². The summed E-state index contributed by atoms with van der Waals surface area (Å²) in [5.41, 5.74) is 0.953. The van der Waals surface area contributed by atoms with Crippen molar-refractivity contribution in [3.8, 4) is 5.75 Å². The zero-order valence-electron chi connectivity index (χ0n) is 15.5. The third-order valence-corrected chi connectivity index (χ3v) is 3.77. The number of ether oxygens (including phenoxy) is 1. The molecule has 0 aromatic heterocycles. The Bertz CT molecular complexity index is 543. The van der Waals surface area contributed by atoms with Gasteiger partial charge < -0.3 is 15.0 Å². The molecule has 2 amide bonds. The highest BCUT2D eigenvalue weighted by Crippen LogP contribution is 2.18. The minimum Gasteiger partial charge on any atom is -0.497 e. The molecule has 0 saturated carbocycles. The lowest BCUT2D eigenvalue weighted by molar-refractivity contribution is -0.141. The maximum atomic E-state index is 12.6. The van der Waals surface area contributed by atoms with E-state index in [1.165, 1.54) is 0 Å². The van der Waals surface area contributed by atoms with E-state index in [1.807, 2.05) is 52.0 Å². The number of hydrogen-bond acceptors (Lipinski definition) is 3. The molecular formula is C19H30N2O3. The highest BCUT2D eigenvalue weighted by Gasteiger charge is 2.28. The van der Waals surface area contributed by atoms with E-state index in [9.17, 15) is 9.59 Å². The third-order valence-electron chi connectivity index (χ3n) is 3.77. The molecule has 1 N–H and O–H groups in total. The van der Waals surface area contributed by atoms with Crippen LogP contribution in [0.3, 0.4) is 0 Å². The molecule has 1 unspecified atom stereocenters. The van der Waals surface area contributed by atoms with E-state index in [0.29, 0.717) is 19.4 Å². The fraction of sp³-hybridized carbons (Fsp3) is 0.579. The molecule has 0 bridgehead atoms. The molecule has 0 heterocycles. The van der Waals surface area contributed by atoms with Crippen LogP contribution >= 0.6 is 0 Å². The van der Waals surface area contributed by atoms with Gasteiger partial charge in [0.15, 0.2) is 0 Å². The first-order valence-corrected chi connectivity index (χ1v) is 8.65. The molecule has 0 fully saturated rings. The first-order chi connectivity index (χ1) is 11.4. The van der Waals surface area contributed by atoms with Crippen molar-refractivity contribution >= 4 is 11.8 Å². The Balaban J connectivity index is 3.04. The Labute approximate surface area is 145 Å². The second-order valence-corrected chi connectivity index (χ2v) is 6.21. The fourth-order valence-electron chi connectivity index (χ4n) is 2.63. The molecule has 24 heavy (non-hydrogen) atoms. The quantitative estimate of drug-likeness (QED) is 0.755. The normalized spacial score (nSPS) is 11.9. The van der Waals surface area contributed by atoms with E-state index in [2.05, 4.69) is 5.32 Å². The van der Waals surface area contributed by atoms with E-state index < -0.39 is 6.04 Å². The molecule has 1 aromatic carbocycles. The number of benzene rings is 1. The number of nitrogens with one attached hydrogen (secondary N) is 1. The van der Waals surface area contributed by atoms with Gasteiger partial charge in [-0.3, -0.25) is 9.59 Å². The molecule has 1 aromatic rings. The number of nitrogens with zero attached hydrogens (tertiary/aromatic N) is 1. The van der Waals surface area contributed by atoms with E-state index in [-0.39, 0.29) is 17.9 Å². The summed E-state index contributed by atoms with van der Waals surface area (Å²) in [6.45, 7) is 8.15. The monoisotopic (exact) mass is 334 g/mol. The van der Waals surface area contributed by atoms with Crippen molar-refractivity contribution in [3.05, 3.63) is 29.8 Å². The molecule has 5 nitrogen and oxygen atoms in total. The van der Waals surface area contributed by atoms with Gasteiger partial charge >= 0.3 is 0 Å². The van der Waals surface area contributed by atoms with Gasteiger partial charge in [-0.15, -0.1) is 0 Å². The fourth-order valence-corrected chi connectivity index (χ4v) is 2.63. The lowest BCUT2D eigenvalue weighted by Gasteiger charge is -2.31. The Morgan fingerprint density at radius 3 is 2.50 bits per heavy atom. The van der Waals surface area contributed by atoms with Gasteiger partial charge in [-0.25, -0.2) is 0 Å². The molecule has 1 atom stereocenters. The van der Waals surface area contributed by atoms with Crippen LogP contribution in [0.5, 0.6) is 5.75 Å². The number of carbonyl (C=O) groups excluding carboxylic acids is 2. The van der Waals surface area contributed by atoms with Crippen molar-refractivity contribution in [2.75, 3.05) is 7.11 Å². The van der Waals surface area contributed by atoms with Crippen molar-refractivity contribution in [2.24, 2.45) is 0 Å². The Morgan fingerprint density at radius 1 is 1.25 bits per heavy atom. The molecular weight excluding hydrogens is 304 g/mol. The second-order valence-electron chi connectivity index (χ2n) is 6.21. The van der Waals surface area contributed by atoms with E-state index in [4.69, 9.17) is 4.74 Å². The number of methoxy groups -OCH3 is 1. The molecule has 134 valence electrons. The van der Waals surface area contributed by atoms with Gasteiger partial charge in [0.1, 0.15) is 11.8 Å². The summed E-state index contributed by atoms with van der Waals surface area (Å²) in [5.74, 6) is 0.654. The first kappa shape index (κ1) is 20.0. The molecule has 5 heteroatoms. The number of carbonyl (C=O) groups is 2. The summed E-state index contributed by atoms with van der Waals surface area (Å²) in [6.07, 6.45) is 1.78. The van der Waals surface area contributed by atoms with Crippen molar-refractivity contribution < 1.29 is 14.3 Å². The predicted molar refractivity (Wildman–Crippen MR) is 95.8 cm³/mol. The Hall–Kier alpha value is -2.04. The highest BCUT2D eigenvalue weighted by atomic mass is 16.5. The van der Waals surface area contributed by atoms with Crippen LogP contribution in [-0.4, -0.2) is 35.9 Å². The maximum absolute atomic E-state index is 12.6. The summed E-state index contributed by atoms with van der Waals surface area (Å²) in [7, 11) is 1.62. The molecule has 0 aliphatic carbocycles. The summed E-state index contributed by atoms with van der Waals surface area (Å²) >= 11 is 0. The van der Waals surface area contributed by atoms with Crippen molar-refractivity contribution in [1.29, 1.82) is 0 Å². The van der Waals surface area contributed by atoms with Crippen molar-refractivity contribution in [2.45, 2.75) is 65.6 Å². The summed E-state index contributed by atoms with van der Waals surface area (Å²) < 4.78 is 5.25. The van der Waals surface area contributed by atoms with Gasteiger partial charge in [0.05, 0.1) is 7.11 Å². The zero-order chi connectivity index (χ0) is 18.1. The van der Waals surface area contributed by atoms with E-state index >= 15 is 0 Å². The summed E-state index contributed by atoms with van der Waals surface area (Å²) in [4.78, 5) is 26.8. The number of amides is 2. The molecule has 0 saturated heterocycles. The average Bonchev–Trinajstić information content (AvgIpc) is 2.54. The van der Waals surface area contributed by atoms with Crippen molar-refractivity contribution in [1.82, 2.24) is 10.2 Å². The van der Waals surface area contributed by atoms with Crippen LogP contribution in [-0.2, 0) is 16.1 Å². The standard InChI is InChI=1S/C19H30N2O3/c1-6-9-18(22)21(17(7-2)19(23)20-14(3)4)13-15-10-8-11-16(12-15)24-5/h8,10-12,14,17H,6-7,9,13H2,1-5H3,(H,20,23). The van der Waals surface area contributed by atoms with Crippen molar-refractivity contribution in [3.63, 3.8) is 0 Å². The van der Waals surface area contributed by atoms with Gasteiger partial charge in [-0.05, 0) is 44.4 Å². The summed E-state index contributed by atoms with van der Waals surface area (Å²) in [5, 5.41) is 2.92.